The molecule has 0 saturated carbocycles. The van der Waals surface area contributed by atoms with Crippen LogP contribution in [-0.4, -0.2) is 34.6 Å². The van der Waals surface area contributed by atoms with Crippen molar-refractivity contribution in [2.75, 3.05) is 11.9 Å². The molecule has 0 aliphatic carbocycles. The highest BCUT2D eigenvalue weighted by molar-refractivity contribution is 9.10. The van der Waals surface area contributed by atoms with Crippen LogP contribution in [0.1, 0.15) is 19.4 Å². The minimum absolute atomic E-state index is 0.0377. The first-order chi connectivity index (χ1) is 13.8. The van der Waals surface area contributed by atoms with Gasteiger partial charge in [-0.05, 0) is 77.4 Å². The van der Waals surface area contributed by atoms with Crippen LogP contribution in [0.5, 0.6) is 5.75 Å². The highest BCUT2D eigenvalue weighted by atomic mass is 79.9. The first kappa shape index (κ1) is 21.1. The maximum absolute atomic E-state index is 12.6. The van der Waals surface area contributed by atoms with Gasteiger partial charge >= 0.3 is 0 Å². The van der Waals surface area contributed by atoms with Crippen molar-refractivity contribution in [3.8, 4) is 5.75 Å². The van der Waals surface area contributed by atoms with E-state index in [4.69, 9.17) is 4.74 Å². The lowest BCUT2D eigenvalue weighted by Crippen LogP contribution is -2.36. The molecule has 0 aromatic heterocycles. The van der Waals surface area contributed by atoms with E-state index >= 15 is 0 Å². The van der Waals surface area contributed by atoms with Gasteiger partial charge in [0, 0.05) is 5.69 Å². The number of carbonyl (C=O) groups is 3. The van der Waals surface area contributed by atoms with Crippen LogP contribution in [0.2, 0.25) is 0 Å². The molecule has 150 valence electrons. The van der Waals surface area contributed by atoms with Crippen molar-refractivity contribution >= 4 is 56.5 Å². The average Bonchev–Trinajstić information content (AvgIpc) is 2.92. The maximum Gasteiger partial charge on any atom is 0.294 e. The second kappa shape index (κ2) is 9.28. The molecular formula is C21H19BrN2O4S. The van der Waals surface area contributed by atoms with Gasteiger partial charge in [0.2, 0.25) is 5.91 Å². The monoisotopic (exact) mass is 474 g/mol. The Hall–Kier alpha value is -2.58. The molecule has 1 N–H and O–H groups in total. The predicted molar refractivity (Wildman–Crippen MR) is 118 cm³/mol. The fourth-order valence-electron chi connectivity index (χ4n) is 2.61. The maximum atomic E-state index is 12.6. The number of rotatable bonds is 6. The Morgan fingerprint density at radius 3 is 2.59 bits per heavy atom. The average molecular weight is 475 g/mol. The number of hydrogen-bond donors (Lipinski definition) is 1. The molecule has 0 radical (unpaired) electrons. The zero-order valence-corrected chi connectivity index (χ0v) is 18.2. The number of halogens is 1. The molecule has 1 aliphatic heterocycles. The van der Waals surface area contributed by atoms with Crippen LogP contribution in [0.4, 0.5) is 10.5 Å². The van der Waals surface area contributed by atoms with Gasteiger partial charge < -0.3 is 10.1 Å². The predicted octanol–water partition coefficient (Wildman–Crippen LogP) is 4.91. The highest BCUT2D eigenvalue weighted by Crippen LogP contribution is 2.34. The van der Waals surface area contributed by atoms with Crippen LogP contribution in [0.25, 0.3) is 6.08 Å². The molecule has 1 aliphatic rings. The van der Waals surface area contributed by atoms with Crippen LogP contribution >= 0.6 is 27.7 Å². The molecule has 8 heteroatoms. The van der Waals surface area contributed by atoms with Crippen molar-refractivity contribution in [1.29, 1.82) is 0 Å². The van der Waals surface area contributed by atoms with Gasteiger partial charge in [-0.1, -0.05) is 24.3 Å². The highest BCUT2D eigenvalue weighted by Gasteiger charge is 2.36. The molecule has 0 unspecified atom stereocenters. The van der Waals surface area contributed by atoms with Crippen LogP contribution in [0.3, 0.4) is 0 Å². The summed E-state index contributed by atoms with van der Waals surface area (Å²) in [6.45, 7) is 3.54. The van der Waals surface area contributed by atoms with Crippen molar-refractivity contribution in [3.05, 3.63) is 63.5 Å². The number of para-hydroxylation sites is 1. The van der Waals surface area contributed by atoms with Crippen molar-refractivity contribution in [2.45, 2.75) is 20.0 Å². The lowest BCUT2D eigenvalue weighted by molar-refractivity contribution is -0.127. The van der Waals surface area contributed by atoms with E-state index in [1.165, 1.54) is 0 Å². The third-order valence-corrected chi connectivity index (χ3v) is 5.38. The van der Waals surface area contributed by atoms with E-state index in [0.29, 0.717) is 11.4 Å². The van der Waals surface area contributed by atoms with Crippen molar-refractivity contribution < 1.29 is 19.1 Å². The Kier molecular flexibility index (Phi) is 6.76. The number of amides is 3. The largest absolute Gasteiger partial charge is 0.490 e. The fourth-order valence-corrected chi connectivity index (χ4v) is 3.94. The van der Waals surface area contributed by atoms with Crippen molar-refractivity contribution in [2.24, 2.45) is 0 Å². The Morgan fingerprint density at radius 1 is 1.21 bits per heavy atom. The first-order valence-electron chi connectivity index (χ1n) is 8.90. The first-order valence-corrected chi connectivity index (χ1v) is 10.5. The van der Waals surface area contributed by atoms with Crippen LogP contribution in [-0.2, 0) is 9.59 Å². The minimum Gasteiger partial charge on any atom is -0.490 e. The van der Waals surface area contributed by atoms with Crippen LogP contribution in [0.15, 0.2) is 57.9 Å². The molecule has 0 spiro atoms. The van der Waals surface area contributed by atoms with Gasteiger partial charge in [0.15, 0.2) is 0 Å². The Bertz CT molecular complexity index is 976. The smallest absolute Gasteiger partial charge is 0.294 e. The van der Waals surface area contributed by atoms with Gasteiger partial charge in [0.1, 0.15) is 12.3 Å². The van der Waals surface area contributed by atoms with E-state index in [-0.39, 0.29) is 17.6 Å². The molecule has 2 aromatic carbocycles. The summed E-state index contributed by atoms with van der Waals surface area (Å²) in [6.07, 6.45) is 1.67. The number of carbonyl (C=O) groups excluding carboxylic acids is 3. The number of nitrogens with one attached hydrogen (secondary N) is 1. The summed E-state index contributed by atoms with van der Waals surface area (Å²) in [5.74, 6) is -0.220. The SMILES string of the molecule is CC(C)Oc1ccc(/C=C2\SC(=O)N(CC(=O)Nc3ccccc3)C2=O)cc1Br. The molecular weight excluding hydrogens is 456 g/mol. The summed E-state index contributed by atoms with van der Waals surface area (Å²) in [5.41, 5.74) is 1.35. The van der Waals surface area contributed by atoms with Gasteiger partial charge in [-0.15, -0.1) is 0 Å². The van der Waals surface area contributed by atoms with E-state index in [9.17, 15) is 14.4 Å². The lowest BCUT2D eigenvalue weighted by Gasteiger charge is -2.12. The molecule has 0 atom stereocenters. The quantitative estimate of drug-likeness (QED) is 0.601. The molecule has 1 fully saturated rings. The third kappa shape index (κ3) is 5.48. The van der Waals surface area contributed by atoms with E-state index < -0.39 is 17.1 Å². The molecule has 0 bridgehead atoms. The van der Waals surface area contributed by atoms with Gasteiger partial charge in [-0.3, -0.25) is 19.3 Å². The third-order valence-electron chi connectivity index (χ3n) is 3.85. The van der Waals surface area contributed by atoms with Crippen LogP contribution in [0, 0.1) is 0 Å². The van der Waals surface area contributed by atoms with Gasteiger partial charge in [-0.2, -0.15) is 0 Å². The summed E-state index contributed by atoms with van der Waals surface area (Å²) in [4.78, 5) is 38.2. The van der Waals surface area contributed by atoms with E-state index in [2.05, 4.69) is 21.2 Å². The minimum atomic E-state index is -0.484. The van der Waals surface area contributed by atoms with E-state index in [1.807, 2.05) is 26.0 Å². The molecule has 3 amide bonds. The number of anilines is 1. The number of hydrogen-bond acceptors (Lipinski definition) is 5. The zero-order chi connectivity index (χ0) is 21.0. The van der Waals surface area contributed by atoms with Crippen LogP contribution < -0.4 is 10.1 Å². The van der Waals surface area contributed by atoms with Crippen molar-refractivity contribution in [3.63, 3.8) is 0 Å². The normalized spacial score (nSPS) is 15.3. The number of imide groups is 1. The summed E-state index contributed by atoms with van der Waals surface area (Å²) in [5, 5.41) is 2.20. The summed E-state index contributed by atoms with van der Waals surface area (Å²) in [7, 11) is 0. The van der Waals surface area contributed by atoms with Gasteiger partial charge in [-0.25, -0.2) is 0 Å². The topological polar surface area (TPSA) is 75.7 Å². The molecule has 6 nitrogen and oxygen atoms in total. The second-order valence-corrected chi connectivity index (χ2v) is 8.39. The van der Waals surface area contributed by atoms with E-state index in [0.717, 1.165) is 26.7 Å². The second-order valence-electron chi connectivity index (χ2n) is 6.54. The molecule has 3 rings (SSSR count). The number of benzene rings is 2. The molecule has 1 saturated heterocycles. The summed E-state index contributed by atoms with van der Waals surface area (Å²) >= 11 is 4.27. The lowest BCUT2D eigenvalue weighted by atomic mass is 10.2. The Balaban J connectivity index is 1.69. The summed E-state index contributed by atoms with van der Waals surface area (Å²) < 4.78 is 6.42. The molecule has 2 aromatic rings. The standard InChI is InChI=1S/C21H19BrN2O4S/c1-13(2)28-17-9-8-14(10-16(17)22)11-18-20(26)24(21(27)29-18)12-19(25)23-15-6-4-3-5-7-15/h3-11,13H,12H2,1-2H3,(H,23,25)/b18-11-. The van der Waals surface area contributed by atoms with Crippen molar-refractivity contribution in [1.82, 2.24) is 4.90 Å². The Morgan fingerprint density at radius 2 is 1.93 bits per heavy atom. The summed E-state index contributed by atoms with van der Waals surface area (Å²) in [6, 6.07) is 14.3. The zero-order valence-electron chi connectivity index (χ0n) is 15.8. The fraction of sp³-hybridized carbons (Fsp3) is 0.190. The molecule has 29 heavy (non-hydrogen) atoms. The van der Waals surface area contributed by atoms with E-state index in [1.54, 1.807) is 42.5 Å². The number of ether oxygens (including phenoxy) is 1. The number of thioether (sulfide) groups is 1. The number of nitrogens with zero attached hydrogens (tertiary/aromatic N) is 1. The van der Waals surface area contributed by atoms with Gasteiger partial charge in [0.05, 0.1) is 15.5 Å². The van der Waals surface area contributed by atoms with Gasteiger partial charge in [0.25, 0.3) is 11.1 Å². The molecule has 1 heterocycles. The Labute approximate surface area is 181 Å².